The van der Waals surface area contributed by atoms with E-state index >= 15 is 0 Å². The number of hydrogen-bond donors (Lipinski definition) is 0. The molecule has 0 aliphatic carbocycles. The summed E-state index contributed by atoms with van der Waals surface area (Å²) in [6.07, 6.45) is 0. The van der Waals surface area contributed by atoms with Gasteiger partial charge in [0.2, 0.25) is 0 Å². The van der Waals surface area contributed by atoms with E-state index in [0.717, 1.165) is 5.46 Å². The smallest absolute Gasteiger partial charge is 0.399 e. The molecule has 0 unspecified atom stereocenters. The first-order chi connectivity index (χ1) is 19.6. The third kappa shape index (κ3) is 4.10. The maximum absolute atomic E-state index is 6.48. The molecule has 0 spiro atoms. The Kier molecular flexibility index (Phi) is 5.90. The van der Waals surface area contributed by atoms with Gasteiger partial charge in [-0.25, -0.2) is 0 Å². The molecule has 0 N–H and O–H groups in total. The number of benzene rings is 6. The number of hydrogen-bond acceptors (Lipinski definition) is 2. The highest BCUT2D eigenvalue weighted by atomic mass is 16.7. The van der Waals surface area contributed by atoms with Gasteiger partial charge < -0.3 is 9.31 Å². The highest BCUT2D eigenvalue weighted by Crippen LogP contribution is 2.43. The minimum Gasteiger partial charge on any atom is -0.399 e. The van der Waals surface area contributed by atoms with Crippen molar-refractivity contribution in [3.8, 4) is 22.3 Å². The van der Waals surface area contributed by atoms with Crippen LogP contribution in [0.3, 0.4) is 0 Å². The van der Waals surface area contributed by atoms with Crippen LogP contribution in [0.1, 0.15) is 38.8 Å². The predicted octanol–water partition coefficient (Wildman–Crippen LogP) is 9.40. The summed E-state index contributed by atoms with van der Waals surface area (Å²) in [7, 11) is -0.413. The molecule has 0 amide bonds. The van der Waals surface area contributed by atoms with Crippen LogP contribution in [0, 0.1) is 13.8 Å². The summed E-state index contributed by atoms with van der Waals surface area (Å²) in [5, 5.41) is 7.53. The molecular weight excluding hydrogens is 499 g/mol. The van der Waals surface area contributed by atoms with Gasteiger partial charge in [-0.2, -0.15) is 0 Å². The lowest BCUT2D eigenvalue weighted by Gasteiger charge is -2.32. The maximum atomic E-state index is 6.48. The Hall–Kier alpha value is -3.92. The molecule has 1 saturated heterocycles. The SMILES string of the molecule is Cc1ccccc1-c1cc2c3ccc(B4OC(C)(C)C(C)(C)O4)cc3c(-c3ccccc3C)cc2c2ccccc12. The minimum atomic E-state index is -0.413. The quantitative estimate of drug-likeness (QED) is 0.166. The number of fused-ring (bicyclic) bond motifs is 5. The van der Waals surface area contributed by atoms with E-state index in [1.54, 1.807) is 0 Å². The predicted molar refractivity (Wildman–Crippen MR) is 175 cm³/mol. The van der Waals surface area contributed by atoms with Crippen molar-refractivity contribution >= 4 is 44.9 Å². The van der Waals surface area contributed by atoms with Crippen molar-refractivity contribution in [2.45, 2.75) is 52.7 Å². The van der Waals surface area contributed by atoms with E-state index in [4.69, 9.17) is 9.31 Å². The van der Waals surface area contributed by atoms with E-state index in [-0.39, 0.29) is 0 Å². The summed E-state index contributed by atoms with van der Waals surface area (Å²) in [5.41, 5.74) is 7.82. The van der Waals surface area contributed by atoms with E-state index in [2.05, 4.69) is 145 Å². The summed E-state index contributed by atoms with van der Waals surface area (Å²) in [6, 6.07) is 37.8. The van der Waals surface area contributed by atoms with Crippen molar-refractivity contribution in [2.24, 2.45) is 0 Å². The van der Waals surface area contributed by atoms with Gasteiger partial charge in [-0.15, -0.1) is 0 Å². The van der Waals surface area contributed by atoms with Crippen molar-refractivity contribution in [3.05, 3.63) is 114 Å². The summed E-state index contributed by atoms with van der Waals surface area (Å²) in [4.78, 5) is 0. The van der Waals surface area contributed by atoms with E-state index in [9.17, 15) is 0 Å². The first-order valence-corrected chi connectivity index (χ1v) is 14.5. The highest BCUT2D eigenvalue weighted by Gasteiger charge is 2.51. The second-order valence-corrected chi connectivity index (χ2v) is 12.5. The molecule has 0 radical (unpaired) electrons. The largest absolute Gasteiger partial charge is 0.494 e. The Morgan fingerprint density at radius 3 is 1.46 bits per heavy atom. The second kappa shape index (κ2) is 9.31. The fourth-order valence-corrected chi connectivity index (χ4v) is 6.34. The van der Waals surface area contributed by atoms with Crippen molar-refractivity contribution in [3.63, 3.8) is 0 Å². The van der Waals surface area contributed by atoms with Crippen LogP contribution in [-0.2, 0) is 9.31 Å². The Morgan fingerprint density at radius 2 is 0.902 bits per heavy atom. The maximum Gasteiger partial charge on any atom is 0.494 e. The van der Waals surface area contributed by atoms with Crippen LogP contribution in [0.4, 0.5) is 0 Å². The van der Waals surface area contributed by atoms with Crippen LogP contribution in [0.2, 0.25) is 0 Å². The molecule has 1 aliphatic heterocycles. The van der Waals surface area contributed by atoms with Crippen LogP contribution in [0.25, 0.3) is 54.6 Å². The van der Waals surface area contributed by atoms with Gasteiger partial charge in [-0.1, -0.05) is 91.0 Å². The van der Waals surface area contributed by atoms with Crippen LogP contribution < -0.4 is 5.46 Å². The molecule has 202 valence electrons. The fourth-order valence-electron chi connectivity index (χ4n) is 6.34. The Morgan fingerprint density at radius 1 is 0.439 bits per heavy atom. The molecule has 1 fully saturated rings. The van der Waals surface area contributed by atoms with E-state index in [1.807, 2.05) is 0 Å². The average Bonchev–Trinajstić information content (AvgIpc) is 3.19. The zero-order valence-electron chi connectivity index (χ0n) is 24.7. The van der Waals surface area contributed by atoms with Gasteiger partial charge >= 0.3 is 7.12 Å². The topological polar surface area (TPSA) is 18.5 Å². The summed E-state index contributed by atoms with van der Waals surface area (Å²) in [5.74, 6) is 0. The molecule has 6 aromatic rings. The van der Waals surface area contributed by atoms with E-state index < -0.39 is 18.3 Å². The van der Waals surface area contributed by atoms with Crippen LogP contribution in [0.15, 0.2) is 103 Å². The molecular formula is C38H35BO2. The molecule has 3 heteroatoms. The van der Waals surface area contributed by atoms with E-state index in [1.165, 1.54) is 65.7 Å². The molecule has 0 bridgehead atoms. The van der Waals surface area contributed by atoms with Gasteiger partial charge in [0.1, 0.15) is 0 Å². The van der Waals surface area contributed by atoms with Gasteiger partial charge in [0.25, 0.3) is 0 Å². The normalized spacial score (nSPS) is 16.2. The third-order valence-corrected chi connectivity index (χ3v) is 9.39. The van der Waals surface area contributed by atoms with Crippen molar-refractivity contribution in [1.29, 1.82) is 0 Å². The monoisotopic (exact) mass is 534 g/mol. The van der Waals surface area contributed by atoms with Crippen molar-refractivity contribution in [1.82, 2.24) is 0 Å². The standard InChI is InChI=1S/C38H35BO2/c1-24-13-7-9-15-27(24)33-22-36-31-20-19-26(39-40-37(3,4)38(5,6)41-39)21-32(31)34(28-16-10-8-14-25(28)2)23-35(36)30-18-12-11-17-29(30)33/h7-23H,1-6H3. The molecule has 0 atom stereocenters. The summed E-state index contributed by atoms with van der Waals surface area (Å²) in [6.45, 7) is 12.8. The van der Waals surface area contributed by atoms with Gasteiger partial charge in [-0.3, -0.25) is 0 Å². The zero-order valence-corrected chi connectivity index (χ0v) is 24.7. The van der Waals surface area contributed by atoms with Crippen molar-refractivity contribution in [2.75, 3.05) is 0 Å². The number of rotatable bonds is 3. The zero-order chi connectivity index (χ0) is 28.5. The third-order valence-electron chi connectivity index (χ3n) is 9.39. The molecule has 2 nitrogen and oxygen atoms in total. The first kappa shape index (κ1) is 26.0. The Labute approximate surface area is 243 Å². The molecule has 1 heterocycles. The molecule has 7 rings (SSSR count). The van der Waals surface area contributed by atoms with Gasteiger partial charge in [0, 0.05) is 0 Å². The average molecular weight is 535 g/mol. The van der Waals surface area contributed by atoms with Gasteiger partial charge in [0.15, 0.2) is 0 Å². The van der Waals surface area contributed by atoms with Gasteiger partial charge in [-0.05, 0) is 125 Å². The highest BCUT2D eigenvalue weighted by molar-refractivity contribution is 6.62. The summed E-state index contributed by atoms with van der Waals surface area (Å²) < 4.78 is 13.0. The molecule has 1 aliphatic rings. The lowest BCUT2D eigenvalue weighted by molar-refractivity contribution is 0.00578. The summed E-state index contributed by atoms with van der Waals surface area (Å²) >= 11 is 0. The Bertz CT molecular complexity index is 1970. The lowest BCUT2D eigenvalue weighted by Crippen LogP contribution is -2.41. The molecule has 0 aromatic heterocycles. The van der Waals surface area contributed by atoms with Crippen molar-refractivity contribution < 1.29 is 9.31 Å². The first-order valence-electron chi connectivity index (χ1n) is 14.5. The van der Waals surface area contributed by atoms with Crippen LogP contribution in [0.5, 0.6) is 0 Å². The number of aryl methyl sites for hydroxylation is 2. The van der Waals surface area contributed by atoms with Crippen LogP contribution >= 0.6 is 0 Å². The van der Waals surface area contributed by atoms with E-state index in [0.29, 0.717) is 0 Å². The lowest BCUT2D eigenvalue weighted by atomic mass is 9.76. The Balaban J connectivity index is 1.57. The second-order valence-electron chi connectivity index (χ2n) is 12.5. The fraction of sp³-hybridized carbons (Fsp3) is 0.211. The molecule has 6 aromatic carbocycles. The minimum absolute atomic E-state index is 0.393. The van der Waals surface area contributed by atoms with Gasteiger partial charge in [0.05, 0.1) is 11.2 Å². The van der Waals surface area contributed by atoms with Crippen LogP contribution in [-0.4, -0.2) is 18.3 Å². The molecule has 41 heavy (non-hydrogen) atoms. The molecule has 0 saturated carbocycles.